The highest BCUT2D eigenvalue weighted by atomic mass is 31.2. The highest BCUT2D eigenvalue weighted by Gasteiger charge is 2.28. The molecule has 0 spiro atoms. The molecule has 0 aromatic heterocycles. The number of hydrogen-bond donors (Lipinski definition) is 3. The molecule has 53 heavy (non-hydrogen) atoms. The van der Waals surface area contributed by atoms with Crippen molar-refractivity contribution in [2.24, 2.45) is 0 Å². The molecule has 8 nitrogen and oxygen atoms in total. The van der Waals surface area contributed by atoms with Crippen molar-refractivity contribution >= 4 is 13.7 Å². The summed E-state index contributed by atoms with van der Waals surface area (Å²) < 4.78 is 23.6. The fraction of sp³-hybridized carbons (Fsp3) is 0.977. The number of nitrogens with zero attached hydrogens (tertiary/aromatic N) is 1. The fourth-order valence-corrected chi connectivity index (χ4v) is 7.67. The molecule has 0 fully saturated rings. The number of likely N-dealkylation sites (N-methyl/N-ethyl adjacent to an activating group) is 1. The van der Waals surface area contributed by atoms with Crippen LogP contribution < -0.4 is 5.32 Å². The molecule has 3 atom stereocenters. The lowest BCUT2D eigenvalue weighted by Gasteiger charge is -2.26. The van der Waals surface area contributed by atoms with Crippen LogP contribution in [0.5, 0.6) is 0 Å². The molecule has 1 amide bonds. The van der Waals surface area contributed by atoms with Crippen molar-refractivity contribution in [3.63, 3.8) is 0 Å². The average Bonchev–Trinajstić information content (AvgIpc) is 3.10. The van der Waals surface area contributed by atoms with Crippen molar-refractivity contribution in [1.29, 1.82) is 0 Å². The molecule has 318 valence electrons. The van der Waals surface area contributed by atoms with Crippen LogP contribution in [0.4, 0.5) is 0 Å². The Kier molecular flexibility index (Phi) is 36.7. The lowest BCUT2D eigenvalue weighted by atomic mass is 10.0. The van der Waals surface area contributed by atoms with E-state index in [9.17, 15) is 19.4 Å². The number of rotatable bonds is 42. The Morgan fingerprint density at radius 3 is 1.26 bits per heavy atom. The minimum atomic E-state index is -4.31. The molecule has 0 radical (unpaired) electrons. The van der Waals surface area contributed by atoms with Crippen molar-refractivity contribution < 1.29 is 32.9 Å². The van der Waals surface area contributed by atoms with Gasteiger partial charge in [-0.3, -0.25) is 13.8 Å². The summed E-state index contributed by atoms with van der Waals surface area (Å²) >= 11 is 0. The lowest BCUT2D eigenvalue weighted by Crippen LogP contribution is -2.46. The van der Waals surface area contributed by atoms with E-state index in [0.29, 0.717) is 23.9 Å². The number of nitrogens with one attached hydrogen (secondary N) is 1. The first-order chi connectivity index (χ1) is 25.5. The third-order valence-electron chi connectivity index (χ3n) is 10.6. The van der Waals surface area contributed by atoms with Gasteiger partial charge in [0.15, 0.2) is 0 Å². The van der Waals surface area contributed by atoms with Crippen LogP contribution in [0, 0.1) is 0 Å². The third kappa shape index (κ3) is 39.5. The summed E-state index contributed by atoms with van der Waals surface area (Å²) in [5.74, 6) is -0.141. The Hall–Kier alpha value is -0.500. The van der Waals surface area contributed by atoms with Gasteiger partial charge in [-0.25, -0.2) is 4.57 Å². The largest absolute Gasteiger partial charge is 0.472 e. The van der Waals surface area contributed by atoms with Crippen LogP contribution >= 0.6 is 7.82 Å². The van der Waals surface area contributed by atoms with Gasteiger partial charge < -0.3 is 19.8 Å². The first-order valence-electron chi connectivity index (χ1n) is 22.9. The molecule has 0 aromatic carbocycles. The molecule has 0 heterocycles. The smallest absolute Gasteiger partial charge is 0.391 e. The van der Waals surface area contributed by atoms with Crippen LogP contribution in [0.15, 0.2) is 0 Å². The quantitative estimate of drug-likeness (QED) is 0.0324. The number of phosphoric acid groups is 1. The second-order valence-corrected chi connectivity index (χ2v) is 18.6. The molecule has 0 aliphatic heterocycles. The Morgan fingerprint density at radius 1 is 0.566 bits per heavy atom. The SMILES string of the molecule is CCCCCCCCCCCCCCCCCCC(=O)NC(COP(=O)(O)OCC[N+](C)(C)C)C(O)CCCCCCCCCCCCCCCCC. The number of phosphoric ester groups is 1. The van der Waals surface area contributed by atoms with Crippen LogP contribution in [-0.2, 0) is 18.4 Å². The Morgan fingerprint density at radius 2 is 0.906 bits per heavy atom. The second kappa shape index (κ2) is 37.1. The van der Waals surface area contributed by atoms with Gasteiger partial charge in [-0.1, -0.05) is 206 Å². The van der Waals surface area contributed by atoms with E-state index in [1.165, 1.54) is 161 Å². The highest BCUT2D eigenvalue weighted by Crippen LogP contribution is 2.43. The van der Waals surface area contributed by atoms with Gasteiger partial charge in [-0.05, 0) is 12.8 Å². The number of carbonyl (C=O) groups excluding carboxylic acids is 1. The maximum absolute atomic E-state index is 12.9. The van der Waals surface area contributed by atoms with Crippen molar-refractivity contribution in [2.75, 3.05) is 40.9 Å². The van der Waals surface area contributed by atoms with E-state index in [1.54, 1.807) is 0 Å². The maximum atomic E-state index is 12.9. The van der Waals surface area contributed by atoms with Crippen molar-refractivity contribution in [1.82, 2.24) is 5.32 Å². The fourth-order valence-electron chi connectivity index (χ4n) is 6.93. The van der Waals surface area contributed by atoms with E-state index in [1.807, 2.05) is 21.1 Å². The molecule has 0 saturated carbocycles. The Labute approximate surface area is 329 Å². The molecule has 0 aliphatic rings. The molecule has 0 saturated heterocycles. The van der Waals surface area contributed by atoms with Gasteiger partial charge in [-0.15, -0.1) is 0 Å². The van der Waals surface area contributed by atoms with Crippen molar-refractivity contribution in [3.8, 4) is 0 Å². The molecular weight excluding hydrogens is 683 g/mol. The van der Waals surface area contributed by atoms with Gasteiger partial charge in [0.2, 0.25) is 5.91 Å². The van der Waals surface area contributed by atoms with Crippen LogP contribution in [0.2, 0.25) is 0 Å². The number of amides is 1. The zero-order chi connectivity index (χ0) is 39.3. The van der Waals surface area contributed by atoms with Gasteiger partial charge in [-0.2, -0.15) is 0 Å². The zero-order valence-electron chi connectivity index (χ0n) is 36.0. The summed E-state index contributed by atoms with van der Waals surface area (Å²) in [6, 6.07) is -0.752. The number of quaternary nitrogens is 1. The highest BCUT2D eigenvalue weighted by molar-refractivity contribution is 7.47. The third-order valence-corrected chi connectivity index (χ3v) is 11.6. The topological polar surface area (TPSA) is 105 Å². The predicted molar refractivity (Wildman–Crippen MR) is 226 cm³/mol. The van der Waals surface area contributed by atoms with Gasteiger partial charge >= 0.3 is 7.82 Å². The predicted octanol–water partition coefficient (Wildman–Crippen LogP) is 12.6. The summed E-state index contributed by atoms with van der Waals surface area (Å²) in [6.07, 6.45) is 39.8. The zero-order valence-corrected chi connectivity index (χ0v) is 36.9. The van der Waals surface area contributed by atoms with Crippen molar-refractivity contribution in [3.05, 3.63) is 0 Å². The number of aliphatic hydroxyl groups excluding tert-OH is 1. The van der Waals surface area contributed by atoms with Crippen LogP contribution in [0.25, 0.3) is 0 Å². The summed E-state index contributed by atoms with van der Waals surface area (Å²) in [4.78, 5) is 23.1. The van der Waals surface area contributed by atoms with Crippen LogP contribution in [0.1, 0.15) is 226 Å². The lowest BCUT2D eigenvalue weighted by molar-refractivity contribution is -0.870. The molecule has 0 aromatic rings. The average molecular weight is 776 g/mol. The monoisotopic (exact) mass is 776 g/mol. The van der Waals surface area contributed by atoms with Crippen molar-refractivity contribution in [2.45, 2.75) is 238 Å². The second-order valence-electron chi connectivity index (χ2n) is 17.1. The van der Waals surface area contributed by atoms with E-state index < -0.39 is 20.0 Å². The van der Waals surface area contributed by atoms with Crippen LogP contribution in [-0.4, -0.2) is 73.4 Å². The molecule has 3 unspecified atom stereocenters. The normalized spacial score (nSPS) is 14.3. The van der Waals surface area contributed by atoms with E-state index in [-0.39, 0.29) is 19.1 Å². The molecule has 0 bridgehead atoms. The summed E-state index contributed by atoms with van der Waals surface area (Å²) in [5, 5.41) is 14.0. The van der Waals surface area contributed by atoms with E-state index >= 15 is 0 Å². The number of unbranched alkanes of at least 4 members (excludes halogenated alkanes) is 29. The maximum Gasteiger partial charge on any atom is 0.472 e. The van der Waals surface area contributed by atoms with Gasteiger partial charge in [0.05, 0.1) is 39.9 Å². The van der Waals surface area contributed by atoms with E-state index in [4.69, 9.17) is 9.05 Å². The Balaban J connectivity index is 4.32. The molecular formula is C44H92N2O6P+. The van der Waals surface area contributed by atoms with Gasteiger partial charge in [0.25, 0.3) is 0 Å². The first-order valence-corrected chi connectivity index (χ1v) is 24.4. The minimum absolute atomic E-state index is 0.0786. The minimum Gasteiger partial charge on any atom is -0.391 e. The molecule has 0 rings (SSSR count). The Bertz CT molecular complexity index is 839. The summed E-state index contributed by atoms with van der Waals surface area (Å²) in [5.41, 5.74) is 0. The molecule has 3 N–H and O–H groups in total. The van der Waals surface area contributed by atoms with Gasteiger partial charge in [0.1, 0.15) is 13.2 Å². The number of carbonyl (C=O) groups is 1. The van der Waals surface area contributed by atoms with Crippen LogP contribution in [0.3, 0.4) is 0 Å². The summed E-state index contributed by atoms with van der Waals surface area (Å²) in [7, 11) is 1.63. The first kappa shape index (κ1) is 52.5. The molecule has 0 aliphatic carbocycles. The molecule has 9 heteroatoms. The van der Waals surface area contributed by atoms with E-state index in [2.05, 4.69) is 19.2 Å². The number of hydrogen-bond acceptors (Lipinski definition) is 5. The summed E-state index contributed by atoms with van der Waals surface area (Å²) in [6.45, 7) is 4.91. The van der Waals surface area contributed by atoms with Gasteiger partial charge in [0, 0.05) is 6.42 Å². The number of aliphatic hydroxyl groups is 1. The van der Waals surface area contributed by atoms with E-state index in [0.717, 1.165) is 38.5 Å². The standard InChI is InChI=1S/C44H91N2O6P/c1-6-8-10-12-14-16-18-20-22-24-26-28-30-32-34-36-38-44(48)45-42(41-52-53(49,50)51-40-39-46(3,4)5)43(47)37-35-33-31-29-27-25-23-21-19-17-15-13-11-9-7-2/h42-43,47H,6-41H2,1-5H3,(H-,45,48,49,50)/p+1.